The number of nitrogens with zero attached hydrogens (tertiary/aromatic N) is 2. The Hall–Kier alpha value is -3.56. The standard InChI is InChI=1S/C21H16N4O3S2/c26-19(20-6-3-13-29-20)11-12-22-15-7-9-16(10-8-15)30(27,28)25-21-14-23-17-4-1-2-5-18(17)24-21/h1-14,22H,(H,24,25)/b12-11+. The molecule has 0 aliphatic heterocycles. The molecule has 0 fully saturated rings. The molecular weight excluding hydrogens is 420 g/mol. The van der Waals surface area contributed by atoms with Crippen LogP contribution in [-0.2, 0) is 10.0 Å². The zero-order valence-corrected chi connectivity index (χ0v) is 17.2. The number of para-hydroxylation sites is 2. The monoisotopic (exact) mass is 436 g/mol. The third kappa shape index (κ3) is 4.53. The van der Waals surface area contributed by atoms with Crippen LogP contribution in [0.3, 0.4) is 0 Å². The number of aromatic nitrogens is 2. The summed E-state index contributed by atoms with van der Waals surface area (Å²) in [6, 6.07) is 16.9. The summed E-state index contributed by atoms with van der Waals surface area (Å²) in [5.41, 5.74) is 1.93. The van der Waals surface area contributed by atoms with Crippen LogP contribution in [0.4, 0.5) is 11.5 Å². The number of allylic oxidation sites excluding steroid dienone is 1. The lowest BCUT2D eigenvalue weighted by molar-refractivity contribution is 0.105. The van der Waals surface area contributed by atoms with Gasteiger partial charge in [0.1, 0.15) is 0 Å². The number of nitrogens with one attached hydrogen (secondary N) is 2. The van der Waals surface area contributed by atoms with E-state index in [4.69, 9.17) is 0 Å². The van der Waals surface area contributed by atoms with Gasteiger partial charge < -0.3 is 5.32 Å². The largest absolute Gasteiger partial charge is 0.362 e. The SMILES string of the molecule is O=C(/C=C/Nc1ccc(S(=O)(=O)Nc2cnc3ccccc3n2)cc1)c1cccs1. The highest BCUT2D eigenvalue weighted by atomic mass is 32.2. The molecular formula is C21H16N4O3S2. The number of thiophene rings is 1. The summed E-state index contributed by atoms with van der Waals surface area (Å²) in [5, 5.41) is 4.79. The van der Waals surface area contributed by atoms with Crippen LogP contribution in [-0.4, -0.2) is 24.2 Å². The van der Waals surface area contributed by atoms with Gasteiger partial charge in [0.2, 0.25) is 0 Å². The minimum atomic E-state index is -3.81. The van der Waals surface area contributed by atoms with E-state index >= 15 is 0 Å². The zero-order valence-electron chi connectivity index (χ0n) is 15.5. The molecule has 9 heteroatoms. The molecule has 4 aromatic rings. The zero-order chi connectivity index (χ0) is 21.0. The molecule has 0 radical (unpaired) electrons. The van der Waals surface area contributed by atoms with Gasteiger partial charge in [-0.25, -0.2) is 13.4 Å². The van der Waals surface area contributed by atoms with Gasteiger partial charge in [0.25, 0.3) is 10.0 Å². The minimum Gasteiger partial charge on any atom is -0.362 e. The second kappa shape index (κ2) is 8.44. The maximum Gasteiger partial charge on any atom is 0.263 e. The normalized spacial score (nSPS) is 11.6. The lowest BCUT2D eigenvalue weighted by Gasteiger charge is -2.08. The van der Waals surface area contributed by atoms with Crippen molar-refractivity contribution >= 4 is 49.7 Å². The van der Waals surface area contributed by atoms with Gasteiger partial charge in [0.15, 0.2) is 11.6 Å². The molecule has 0 spiro atoms. The minimum absolute atomic E-state index is 0.0849. The Morgan fingerprint density at radius 2 is 1.73 bits per heavy atom. The van der Waals surface area contributed by atoms with Crippen molar-refractivity contribution < 1.29 is 13.2 Å². The molecule has 0 aliphatic carbocycles. The van der Waals surface area contributed by atoms with Crippen LogP contribution in [0, 0.1) is 0 Å². The number of sulfonamides is 1. The molecule has 2 heterocycles. The summed E-state index contributed by atoms with van der Waals surface area (Å²) in [6.45, 7) is 0. The Kier molecular flexibility index (Phi) is 5.55. The number of carbonyl (C=O) groups excluding carboxylic acids is 1. The first-order chi connectivity index (χ1) is 14.5. The maximum absolute atomic E-state index is 12.6. The Balaban J connectivity index is 1.43. The van der Waals surface area contributed by atoms with Gasteiger partial charge in [-0.2, -0.15) is 0 Å². The fraction of sp³-hybridized carbons (Fsp3) is 0. The van der Waals surface area contributed by atoms with Crippen LogP contribution in [0.1, 0.15) is 9.67 Å². The smallest absolute Gasteiger partial charge is 0.263 e. The molecule has 0 amide bonds. The molecule has 2 aromatic carbocycles. The molecule has 30 heavy (non-hydrogen) atoms. The van der Waals surface area contributed by atoms with Gasteiger partial charge in [0.05, 0.1) is 27.0 Å². The van der Waals surface area contributed by atoms with Crippen molar-refractivity contribution in [3.05, 3.63) is 89.4 Å². The van der Waals surface area contributed by atoms with E-state index in [2.05, 4.69) is 20.0 Å². The molecule has 7 nitrogen and oxygen atoms in total. The van der Waals surface area contributed by atoms with E-state index in [9.17, 15) is 13.2 Å². The second-order valence-electron chi connectivity index (χ2n) is 6.19. The van der Waals surface area contributed by atoms with Gasteiger partial charge >= 0.3 is 0 Å². The predicted molar refractivity (Wildman–Crippen MR) is 118 cm³/mol. The van der Waals surface area contributed by atoms with Crippen molar-refractivity contribution in [2.75, 3.05) is 10.0 Å². The highest BCUT2D eigenvalue weighted by molar-refractivity contribution is 7.92. The maximum atomic E-state index is 12.6. The lowest BCUT2D eigenvalue weighted by atomic mass is 10.3. The molecule has 0 aliphatic rings. The van der Waals surface area contributed by atoms with E-state index in [1.54, 1.807) is 30.3 Å². The number of hydrogen-bond donors (Lipinski definition) is 2. The second-order valence-corrected chi connectivity index (χ2v) is 8.82. The van der Waals surface area contributed by atoms with Crippen LogP contribution in [0.2, 0.25) is 0 Å². The van der Waals surface area contributed by atoms with Crippen molar-refractivity contribution in [1.29, 1.82) is 0 Å². The summed E-state index contributed by atoms with van der Waals surface area (Å²) < 4.78 is 27.7. The molecule has 0 saturated carbocycles. The van der Waals surface area contributed by atoms with Crippen molar-refractivity contribution in [3.63, 3.8) is 0 Å². The number of benzene rings is 2. The van der Waals surface area contributed by atoms with Gasteiger partial charge in [-0.3, -0.25) is 14.5 Å². The molecule has 0 unspecified atom stereocenters. The summed E-state index contributed by atoms with van der Waals surface area (Å²) >= 11 is 1.37. The number of anilines is 2. The molecule has 0 atom stereocenters. The summed E-state index contributed by atoms with van der Waals surface area (Å²) in [4.78, 5) is 21.1. The van der Waals surface area contributed by atoms with Gasteiger partial charge in [-0.05, 0) is 47.8 Å². The Labute approximate surface area is 177 Å². The molecule has 2 aromatic heterocycles. The number of carbonyl (C=O) groups is 1. The number of hydrogen-bond acceptors (Lipinski definition) is 7. The number of ketones is 1. The first-order valence-electron chi connectivity index (χ1n) is 8.87. The average Bonchev–Trinajstić information content (AvgIpc) is 3.29. The van der Waals surface area contributed by atoms with Crippen molar-refractivity contribution in [2.24, 2.45) is 0 Å². The fourth-order valence-corrected chi connectivity index (χ4v) is 4.28. The summed E-state index contributed by atoms with van der Waals surface area (Å²) in [6.07, 6.45) is 4.33. The van der Waals surface area contributed by atoms with E-state index in [-0.39, 0.29) is 16.5 Å². The van der Waals surface area contributed by atoms with E-state index in [0.717, 1.165) is 0 Å². The Morgan fingerprint density at radius 3 is 2.47 bits per heavy atom. The quantitative estimate of drug-likeness (QED) is 0.331. The summed E-state index contributed by atoms with van der Waals surface area (Å²) in [5.74, 6) is 0.0447. The Bertz CT molecular complexity index is 1320. The van der Waals surface area contributed by atoms with Crippen molar-refractivity contribution in [1.82, 2.24) is 9.97 Å². The Morgan fingerprint density at radius 1 is 0.967 bits per heavy atom. The van der Waals surface area contributed by atoms with Gasteiger partial charge in [-0.15, -0.1) is 11.3 Å². The highest BCUT2D eigenvalue weighted by Crippen LogP contribution is 2.19. The molecule has 4 rings (SSSR count). The topological polar surface area (TPSA) is 101 Å². The third-order valence-corrected chi connectivity index (χ3v) is 6.36. The van der Waals surface area contributed by atoms with Crippen LogP contribution in [0.5, 0.6) is 0 Å². The summed E-state index contributed by atoms with van der Waals surface area (Å²) in [7, 11) is -3.81. The predicted octanol–water partition coefficient (Wildman–Crippen LogP) is 4.30. The molecule has 0 bridgehead atoms. The van der Waals surface area contributed by atoms with Gasteiger partial charge in [-0.1, -0.05) is 18.2 Å². The van der Waals surface area contributed by atoms with E-state index in [0.29, 0.717) is 21.6 Å². The van der Waals surface area contributed by atoms with E-state index in [1.165, 1.54) is 41.9 Å². The molecule has 2 N–H and O–H groups in total. The van der Waals surface area contributed by atoms with Crippen LogP contribution >= 0.6 is 11.3 Å². The van der Waals surface area contributed by atoms with Crippen LogP contribution < -0.4 is 10.0 Å². The van der Waals surface area contributed by atoms with Crippen molar-refractivity contribution in [2.45, 2.75) is 4.90 Å². The molecule has 0 saturated heterocycles. The van der Waals surface area contributed by atoms with Crippen molar-refractivity contribution in [3.8, 4) is 0 Å². The third-order valence-electron chi connectivity index (χ3n) is 4.10. The highest BCUT2D eigenvalue weighted by Gasteiger charge is 2.15. The first-order valence-corrected chi connectivity index (χ1v) is 11.2. The van der Waals surface area contributed by atoms with Crippen LogP contribution in [0.15, 0.2) is 89.4 Å². The fourth-order valence-electron chi connectivity index (χ4n) is 2.65. The number of rotatable bonds is 7. The first kappa shape index (κ1) is 19.7. The molecule has 150 valence electrons. The number of fused-ring (bicyclic) bond motifs is 1. The average molecular weight is 437 g/mol. The van der Waals surface area contributed by atoms with Gasteiger partial charge in [0, 0.05) is 18.0 Å². The van der Waals surface area contributed by atoms with E-state index < -0.39 is 10.0 Å². The van der Waals surface area contributed by atoms with E-state index in [1.807, 2.05) is 23.6 Å². The van der Waals surface area contributed by atoms with Crippen LogP contribution in [0.25, 0.3) is 11.0 Å². The lowest BCUT2D eigenvalue weighted by Crippen LogP contribution is -2.14.